The van der Waals surface area contributed by atoms with Gasteiger partial charge in [0.15, 0.2) is 4.21 Å². The first-order chi connectivity index (χ1) is 7.99. The average Bonchev–Trinajstić information content (AvgIpc) is 2.69. The van der Waals surface area contributed by atoms with E-state index in [1.165, 1.54) is 17.5 Å². The van der Waals surface area contributed by atoms with E-state index >= 15 is 0 Å². The fourth-order valence-electron chi connectivity index (χ4n) is 1.91. The van der Waals surface area contributed by atoms with Crippen molar-refractivity contribution < 1.29 is 8.42 Å². The molecule has 5 nitrogen and oxygen atoms in total. The van der Waals surface area contributed by atoms with Gasteiger partial charge >= 0.3 is 0 Å². The van der Waals surface area contributed by atoms with Crippen molar-refractivity contribution >= 4 is 21.4 Å². The molecule has 2 rings (SSSR count). The Kier molecular flexibility index (Phi) is 3.82. The number of aryl methyl sites for hydroxylation is 1. The fourth-order valence-corrected chi connectivity index (χ4v) is 4.42. The van der Waals surface area contributed by atoms with Gasteiger partial charge in [-0.15, -0.1) is 11.3 Å². The van der Waals surface area contributed by atoms with Gasteiger partial charge in [-0.25, -0.2) is 18.1 Å². The van der Waals surface area contributed by atoms with Crippen molar-refractivity contribution in [3.8, 4) is 0 Å². The molecule has 0 bridgehead atoms. The minimum atomic E-state index is -3.39. The third-order valence-corrected chi connectivity index (χ3v) is 5.82. The highest BCUT2D eigenvalue weighted by atomic mass is 32.2. The maximum atomic E-state index is 12.1. The Morgan fingerprint density at radius 1 is 1.59 bits per heavy atom. The average molecular weight is 275 g/mol. The molecule has 0 saturated carbocycles. The van der Waals surface area contributed by atoms with Gasteiger partial charge in [0.25, 0.3) is 10.0 Å². The molecule has 7 heteroatoms. The zero-order chi connectivity index (χ0) is 12.5. The lowest BCUT2D eigenvalue weighted by Gasteiger charge is -2.29. The van der Waals surface area contributed by atoms with Crippen LogP contribution in [0.2, 0.25) is 0 Å². The largest absolute Gasteiger partial charge is 0.316 e. The van der Waals surface area contributed by atoms with E-state index in [9.17, 15) is 8.42 Å². The summed E-state index contributed by atoms with van der Waals surface area (Å²) in [4.78, 5) is 3.98. The molecule has 0 radical (unpaired) electrons. The molecule has 2 heterocycles. The summed E-state index contributed by atoms with van der Waals surface area (Å²) >= 11 is 1.21. The second-order valence-electron chi connectivity index (χ2n) is 4.40. The summed E-state index contributed by atoms with van der Waals surface area (Å²) in [6.07, 6.45) is 2.26. The monoisotopic (exact) mass is 275 g/mol. The normalized spacial score (nSPS) is 26.0. The van der Waals surface area contributed by atoms with E-state index in [1.54, 1.807) is 6.92 Å². The molecule has 2 N–H and O–H groups in total. The summed E-state index contributed by atoms with van der Waals surface area (Å²) in [5, 5.41) is 4.02. The molecule has 0 aromatic carbocycles. The molecule has 2 atom stereocenters. The van der Waals surface area contributed by atoms with Crippen molar-refractivity contribution in [2.75, 3.05) is 13.1 Å². The van der Waals surface area contributed by atoms with E-state index in [1.807, 2.05) is 0 Å². The summed E-state index contributed by atoms with van der Waals surface area (Å²) < 4.78 is 27.3. The van der Waals surface area contributed by atoms with Gasteiger partial charge in [0.1, 0.15) is 0 Å². The van der Waals surface area contributed by atoms with Crippen LogP contribution in [-0.4, -0.2) is 32.5 Å². The molecule has 0 aliphatic carbocycles. The first-order valence-electron chi connectivity index (χ1n) is 5.64. The first kappa shape index (κ1) is 12.9. The van der Waals surface area contributed by atoms with E-state index in [0.717, 1.165) is 24.5 Å². The smallest absolute Gasteiger partial charge is 0.251 e. The number of rotatable bonds is 3. The predicted molar refractivity (Wildman–Crippen MR) is 67.6 cm³/mol. The van der Waals surface area contributed by atoms with Crippen LogP contribution in [0.5, 0.6) is 0 Å². The van der Waals surface area contributed by atoms with Gasteiger partial charge in [0, 0.05) is 6.04 Å². The molecule has 1 aromatic heterocycles. The van der Waals surface area contributed by atoms with Crippen LogP contribution in [0, 0.1) is 12.8 Å². The van der Waals surface area contributed by atoms with Crippen molar-refractivity contribution in [1.29, 1.82) is 0 Å². The molecule has 1 aliphatic heterocycles. The standard InChI is InChI=1S/C10H17N3O2S2/c1-7-5-11-4-3-9(7)13-17(14,15)10-6-12-8(2)16-10/h6-7,9,11,13H,3-5H2,1-2H3. The minimum Gasteiger partial charge on any atom is -0.316 e. The number of aromatic nitrogens is 1. The molecular weight excluding hydrogens is 258 g/mol. The van der Waals surface area contributed by atoms with Crippen molar-refractivity contribution in [3.63, 3.8) is 0 Å². The molecule has 0 spiro atoms. The van der Waals surface area contributed by atoms with Crippen LogP contribution < -0.4 is 10.0 Å². The van der Waals surface area contributed by atoms with Gasteiger partial charge < -0.3 is 5.32 Å². The van der Waals surface area contributed by atoms with Gasteiger partial charge in [-0.05, 0) is 32.4 Å². The van der Waals surface area contributed by atoms with E-state index in [0.29, 0.717) is 10.1 Å². The van der Waals surface area contributed by atoms with E-state index in [-0.39, 0.29) is 6.04 Å². The van der Waals surface area contributed by atoms with Crippen LogP contribution in [0.25, 0.3) is 0 Å². The van der Waals surface area contributed by atoms with E-state index in [2.05, 4.69) is 21.9 Å². The summed E-state index contributed by atoms with van der Waals surface area (Å²) in [5.41, 5.74) is 0. The van der Waals surface area contributed by atoms with Crippen LogP contribution in [-0.2, 0) is 10.0 Å². The zero-order valence-corrected chi connectivity index (χ0v) is 11.6. The Morgan fingerprint density at radius 2 is 2.35 bits per heavy atom. The number of hydrogen-bond acceptors (Lipinski definition) is 5. The number of piperidine rings is 1. The van der Waals surface area contributed by atoms with Crippen LogP contribution >= 0.6 is 11.3 Å². The van der Waals surface area contributed by atoms with E-state index < -0.39 is 10.0 Å². The minimum absolute atomic E-state index is 0.0173. The van der Waals surface area contributed by atoms with Gasteiger partial charge in [-0.2, -0.15) is 0 Å². The summed E-state index contributed by atoms with van der Waals surface area (Å²) in [7, 11) is -3.39. The molecule has 96 valence electrons. The molecule has 1 aliphatic rings. The first-order valence-corrected chi connectivity index (χ1v) is 7.94. The summed E-state index contributed by atoms with van der Waals surface area (Å²) in [6, 6.07) is 0.0173. The van der Waals surface area contributed by atoms with Crippen molar-refractivity contribution in [3.05, 3.63) is 11.2 Å². The Morgan fingerprint density at radius 3 is 2.94 bits per heavy atom. The third-order valence-electron chi connectivity index (χ3n) is 2.96. The molecule has 1 saturated heterocycles. The number of hydrogen-bond donors (Lipinski definition) is 2. The van der Waals surface area contributed by atoms with Gasteiger partial charge in [0.2, 0.25) is 0 Å². The second-order valence-corrected chi connectivity index (χ2v) is 7.57. The zero-order valence-electron chi connectivity index (χ0n) is 9.93. The molecular formula is C10H17N3O2S2. The fraction of sp³-hybridized carbons (Fsp3) is 0.700. The number of sulfonamides is 1. The van der Waals surface area contributed by atoms with Gasteiger partial charge in [0.05, 0.1) is 11.2 Å². The summed E-state index contributed by atoms with van der Waals surface area (Å²) in [5.74, 6) is 0.313. The number of nitrogens with zero attached hydrogens (tertiary/aromatic N) is 1. The third kappa shape index (κ3) is 3.04. The molecule has 1 aromatic rings. The lowest BCUT2D eigenvalue weighted by atomic mass is 9.97. The topological polar surface area (TPSA) is 71.1 Å². The highest BCUT2D eigenvalue weighted by Crippen LogP contribution is 2.20. The molecule has 0 amide bonds. The number of thiazole rings is 1. The highest BCUT2D eigenvalue weighted by molar-refractivity contribution is 7.91. The predicted octanol–water partition coefficient (Wildman–Crippen LogP) is 0.728. The van der Waals surface area contributed by atoms with E-state index in [4.69, 9.17) is 0 Å². The maximum absolute atomic E-state index is 12.1. The van der Waals surface area contributed by atoms with Crippen molar-refractivity contribution in [2.24, 2.45) is 5.92 Å². The lowest BCUT2D eigenvalue weighted by molar-refractivity contribution is 0.328. The van der Waals surface area contributed by atoms with Crippen molar-refractivity contribution in [1.82, 2.24) is 15.0 Å². The molecule has 17 heavy (non-hydrogen) atoms. The Hall–Kier alpha value is -0.500. The molecule has 2 unspecified atom stereocenters. The van der Waals surface area contributed by atoms with Crippen LogP contribution in [0.4, 0.5) is 0 Å². The van der Waals surface area contributed by atoms with Crippen LogP contribution in [0.15, 0.2) is 10.4 Å². The Balaban J connectivity index is 2.11. The second kappa shape index (κ2) is 5.01. The Labute approximate surface area is 106 Å². The van der Waals surface area contributed by atoms with Crippen LogP contribution in [0.3, 0.4) is 0 Å². The highest BCUT2D eigenvalue weighted by Gasteiger charge is 2.27. The maximum Gasteiger partial charge on any atom is 0.251 e. The summed E-state index contributed by atoms with van der Waals surface area (Å²) in [6.45, 7) is 5.57. The molecule has 1 fully saturated rings. The number of nitrogens with one attached hydrogen (secondary N) is 2. The SMILES string of the molecule is Cc1ncc(S(=O)(=O)NC2CCNCC2C)s1. The lowest BCUT2D eigenvalue weighted by Crippen LogP contribution is -2.48. The van der Waals surface area contributed by atoms with Gasteiger partial charge in [-0.1, -0.05) is 6.92 Å². The van der Waals surface area contributed by atoms with Crippen molar-refractivity contribution in [2.45, 2.75) is 30.5 Å². The van der Waals surface area contributed by atoms with Gasteiger partial charge in [-0.3, -0.25) is 0 Å². The quantitative estimate of drug-likeness (QED) is 0.853. The Bertz CT molecular complexity index is 483. The van der Waals surface area contributed by atoms with Crippen LogP contribution in [0.1, 0.15) is 18.4 Å².